The molecule has 0 aliphatic heterocycles. The van der Waals surface area contributed by atoms with E-state index in [4.69, 9.17) is 10.5 Å². The number of amides is 1. The van der Waals surface area contributed by atoms with E-state index in [0.717, 1.165) is 10.5 Å². The van der Waals surface area contributed by atoms with Crippen LogP contribution in [0.25, 0.3) is 0 Å². The Bertz CT molecular complexity index is 497. The van der Waals surface area contributed by atoms with Gasteiger partial charge in [-0.1, -0.05) is 11.6 Å². The highest BCUT2D eigenvalue weighted by Crippen LogP contribution is 2.12. The SMILES string of the molecule is Cc1ccc(F)c(C(=O)N(CC#N)CC#N)c1. The fraction of sp³-hybridized carbons (Fsp3) is 0.250. The summed E-state index contributed by atoms with van der Waals surface area (Å²) < 4.78 is 13.4. The molecule has 0 radical (unpaired) electrons. The van der Waals surface area contributed by atoms with Gasteiger partial charge in [0.1, 0.15) is 18.9 Å². The number of halogens is 1. The van der Waals surface area contributed by atoms with Gasteiger partial charge in [-0.2, -0.15) is 10.5 Å². The van der Waals surface area contributed by atoms with Crippen molar-refractivity contribution in [1.82, 2.24) is 4.90 Å². The van der Waals surface area contributed by atoms with Gasteiger partial charge < -0.3 is 4.90 Å². The first-order valence-corrected chi connectivity index (χ1v) is 4.89. The average molecular weight is 231 g/mol. The number of nitriles is 2. The first kappa shape index (κ1) is 12.7. The van der Waals surface area contributed by atoms with Crippen molar-refractivity contribution in [3.8, 4) is 12.1 Å². The first-order valence-electron chi connectivity index (χ1n) is 4.89. The van der Waals surface area contributed by atoms with E-state index < -0.39 is 11.7 Å². The number of rotatable bonds is 3. The summed E-state index contributed by atoms with van der Waals surface area (Å²) in [6, 6.07) is 7.68. The van der Waals surface area contributed by atoms with E-state index in [1.54, 1.807) is 25.1 Å². The predicted octanol–water partition coefficient (Wildman–Crippen LogP) is 1.62. The molecule has 4 nitrogen and oxygen atoms in total. The zero-order valence-electron chi connectivity index (χ0n) is 9.27. The van der Waals surface area contributed by atoms with Crippen molar-refractivity contribution in [3.63, 3.8) is 0 Å². The second kappa shape index (κ2) is 5.62. The lowest BCUT2D eigenvalue weighted by Crippen LogP contribution is -2.32. The molecule has 17 heavy (non-hydrogen) atoms. The van der Waals surface area contributed by atoms with Crippen LogP contribution < -0.4 is 0 Å². The zero-order chi connectivity index (χ0) is 12.8. The maximum Gasteiger partial charge on any atom is 0.258 e. The summed E-state index contributed by atoms with van der Waals surface area (Å²) in [5, 5.41) is 17.1. The van der Waals surface area contributed by atoms with Gasteiger partial charge in [0.05, 0.1) is 17.7 Å². The Kier molecular flexibility index (Phi) is 4.19. The normalized spacial score (nSPS) is 9.18. The Morgan fingerprint density at radius 2 is 1.94 bits per heavy atom. The second-order valence-corrected chi connectivity index (χ2v) is 3.46. The van der Waals surface area contributed by atoms with E-state index in [2.05, 4.69) is 0 Å². The van der Waals surface area contributed by atoms with Crippen LogP contribution >= 0.6 is 0 Å². The van der Waals surface area contributed by atoms with Gasteiger partial charge in [-0.05, 0) is 19.1 Å². The van der Waals surface area contributed by atoms with Crippen LogP contribution in [-0.2, 0) is 0 Å². The topological polar surface area (TPSA) is 67.9 Å². The van der Waals surface area contributed by atoms with Crippen LogP contribution in [0.2, 0.25) is 0 Å². The van der Waals surface area contributed by atoms with Crippen molar-refractivity contribution in [3.05, 3.63) is 35.1 Å². The lowest BCUT2D eigenvalue weighted by atomic mass is 10.1. The molecule has 0 heterocycles. The monoisotopic (exact) mass is 231 g/mol. The molecule has 0 N–H and O–H groups in total. The number of nitrogens with zero attached hydrogens (tertiary/aromatic N) is 3. The third-order valence-corrected chi connectivity index (χ3v) is 2.16. The summed E-state index contributed by atoms with van der Waals surface area (Å²) in [4.78, 5) is 12.9. The lowest BCUT2D eigenvalue weighted by Gasteiger charge is -2.16. The van der Waals surface area contributed by atoms with Gasteiger partial charge in [-0.15, -0.1) is 0 Å². The number of carbonyl (C=O) groups is 1. The smallest absolute Gasteiger partial charge is 0.258 e. The lowest BCUT2D eigenvalue weighted by molar-refractivity contribution is 0.0790. The van der Waals surface area contributed by atoms with Gasteiger partial charge in [0.2, 0.25) is 0 Å². The Morgan fingerprint density at radius 3 is 2.47 bits per heavy atom. The van der Waals surface area contributed by atoms with Crippen molar-refractivity contribution in [2.24, 2.45) is 0 Å². The minimum absolute atomic E-state index is 0.115. The predicted molar refractivity (Wildman–Crippen MR) is 58.3 cm³/mol. The highest BCUT2D eigenvalue weighted by Gasteiger charge is 2.18. The Labute approximate surface area is 98.5 Å². The Balaban J connectivity index is 3.06. The molecule has 5 heteroatoms. The molecule has 0 spiro atoms. The number of hydrogen-bond acceptors (Lipinski definition) is 3. The molecule has 0 aliphatic carbocycles. The van der Waals surface area contributed by atoms with E-state index in [1.165, 1.54) is 12.1 Å². The highest BCUT2D eigenvalue weighted by molar-refractivity contribution is 5.95. The molecule has 0 saturated carbocycles. The zero-order valence-corrected chi connectivity index (χ0v) is 9.27. The molecule has 1 amide bonds. The molecular weight excluding hydrogens is 221 g/mol. The summed E-state index contributed by atoms with van der Waals surface area (Å²) in [5.41, 5.74) is 0.624. The Hall–Kier alpha value is -2.40. The minimum atomic E-state index is -0.651. The fourth-order valence-corrected chi connectivity index (χ4v) is 1.34. The number of hydrogen-bond donors (Lipinski definition) is 0. The van der Waals surface area contributed by atoms with Crippen LogP contribution in [-0.4, -0.2) is 23.9 Å². The molecule has 1 aromatic carbocycles. The summed E-state index contributed by atoms with van der Waals surface area (Å²) >= 11 is 0. The van der Waals surface area contributed by atoms with E-state index in [-0.39, 0.29) is 18.7 Å². The number of carbonyl (C=O) groups excluding carboxylic acids is 1. The minimum Gasteiger partial charge on any atom is -0.312 e. The van der Waals surface area contributed by atoms with Gasteiger partial charge in [0, 0.05) is 0 Å². The molecule has 0 atom stereocenters. The molecular formula is C12H10FN3O. The summed E-state index contributed by atoms with van der Waals surface area (Å²) in [6.07, 6.45) is 0. The maximum absolute atomic E-state index is 13.4. The number of benzene rings is 1. The molecule has 0 aromatic heterocycles. The standard InChI is InChI=1S/C12H10FN3O/c1-9-2-3-11(13)10(8-9)12(17)16(6-4-14)7-5-15/h2-3,8H,6-7H2,1H3. The van der Waals surface area contributed by atoms with E-state index in [1.807, 2.05) is 0 Å². The van der Waals surface area contributed by atoms with E-state index in [0.29, 0.717) is 0 Å². The van der Waals surface area contributed by atoms with Crippen molar-refractivity contribution < 1.29 is 9.18 Å². The van der Waals surface area contributed by atoms with Gasteiger partial charge >= 0.3 is 0 Å². The Morgan fingerprint density at radius 1 is 1.35 bits per heavy atom. The van der Waals surface area contributed by atoms with Gasteiger partial charge in [-0.25, -0.2) is 4.39 Å². The molecule has 0 bridgehead atoms. The van der Waals surface area contributed by atoms with Crippen molar-refractivity contribution in [2.75, 3.05) is 13.1 Å². The van der Waals surface area contributed by atoms with Crippen LogP contribution in [0, 0.1) is 35.4 Å². The van der Waals surface area contributed by atoms with E-state index in [9.17, 15) is 9.18 Å². The fourth-order valence-electron chi connectivity index (χ4n) is 1.34. The second-order valence-electron chi connectivity index (χ2n) is 3.46. The maximum atomic E-state index is 13.4. The van der Waals surface area contributed by atoms with Crippen molar-refractivity contribution in [2.45, 2.75) is 6.92 Å². The van der Waals surface area contributed by atoms with Gasteiger partial charge in [0.25, 0.3) is 5.91 Å². The summed E-state index contributed by atoms with van der Waals surface area (Å²) in [7, 11) is 0. The van der Waals surface area contributed by atoms with E-state index >= 15 is 0 Å². The van der Waals surface area contributed by atoms with Gasteiger partial charge in [0.15, 0.2) is 0 Å². The molecule has 0 fully saturated rings. The molecule has 86 valence electrons. The quantitative estimate of drug-likeness (QED) is 0.742. The average Bonchev–Trinajstić information content (AvgIpc) is 2.31. The molecule has 1 rings (SSSR count). The van der Waals surface area contributed by atoms with Crippen LogP contribution in [0.1, 0.15) is 15.9 Å². The van der Waals surface area contributed by atoms with Crippen LogP contribution in [0.15, 0.2) is 18.2 Å². The molecule has 0 unspecified atom stereocenters. The third-order valence-electron chi connectivity index (χ3n) is 2.16. The van der Waals surface area contributed by atoms with Crippen LogP contribution in [0.5, 0.6) is 0 Å². The summed E-state index contributed by atoms with van der Waals surface area (Å²) in [5.74, 6) is -1.30. The number of aryl methyl sites for hydroxylation is 1. The van der Waals surface area contributed by atoms with Crippen molar-refractivity contribution in [1.29, 1.82) is 10.5 Å². The van der Waals surface area contributed by atoms with Gasteiger partial charge in [-0.3, -0.25) is 4.79 Å². The largest absolute Gasteiger partial charge is 0.312 e. The van der Waals surface area contributed by atoms with Crippen molar-refractivity contribution >= 4 is 5.91 Å². The van der Waals surface area contributed by atoms with Crippen LogP contribution in [0.3, 0.4) is 0 Å². The highest BCUT2D eigenvalue weighted by atomic mass is 19.1. The van der Waals surface area contributed by atoms with Crippen LogP contribution in [0.4, 0.5) is 4.39 Å². The molecule has 0 aliphatic rings. The summed E-state index contributed by atoms with van der Waals surface area (Å²) in [6.45, 7) is 1.26. The molecule has 1 aromatic rings. The molecule has 0 saturated heterocycles. The first-order chi connectivity index (χ1) is 8.10. The third kappa shape index (κ3) is 3.02.